The molecule has 0 aliphatic rings. The van der Waals surface area contributed by atoms with Crippen molar-refractivity contribution in [1.82, 2.24) is 0 Å². The average molecular weight is 277 g/mol. The summed E-state index contributed by atoms with van der Waals surface area (Å²) in [5.41, 5.74) is 0.287. The van der Waals surface area contributed by atoms with Crippen molar-refractivity contribution in [1.29, 1.82) is 0 Å². The molecule has 19 heavy (non-hydrogen) atoms. The van der Waals surface area contributed by atoms with Gasteiger partial charge in [0.2, 0.25) is 0 Å². The average Bonchev–Trinajstić information content (AvgIpc) is 2.39. The van der Waals surface area contributed by atoms with E-state index >= 15 is 0 Å². The molecule has 0 atom stereocenters. The van der Waals surface area contributed by atoms with E-state index in [2.05, 4.69) is 0 Å². The van der Waals surface area contributed by atoms with Crippen LogP contribution in [0.5, 0.6) is 5.75 Å². The number of hydrogen-bond donors (Lipinski definition) is 1. The highest BCUT2D eigenvalue weighted by atomic mass is 35.5. The molecule has 2 rings (SSSR count). The highest BCUT2D eigenvalue weighted by molar-refractivity contribution is 6.33. The smallest absolute Gasteiger partial charge is 0.347 e. The summed E-state index contributed by atoms with van der Waals surface area (Å²) in [5.74, 6) is -1.59. The van der Waals surface area contributed by atoms with Gasteiger partial charge in [-0.1, -0.05) is 23.7 Å². The van der Waals surface area contributed by atoms with E-state index in [1.165, 1.54) is 36.4 Å². The van der Waals surface area contributed by atoms with Crippen molar-refractivity contribution in [3.63, 3.8) is 0 Å². The second-order valence-corrected chi connectivity index (χ2v) is 4.11. The third-order valence-electron chi connectivity index (χ3n) is 2.38. The molecular formula is C14H9ClO4. The highest BCUT2D eigenvalue weighted by Crippen LogP contribution is 2.17. The zero-order chi connectivity index (χ0) is 13.8. The molecule has 0 radical (unpaired) electrons. The van der Waals surface area contributed by atoms with Gasteiger partial charge < -0.3 is 9.84 Å². The number of halogens is 1. The molecule has 0 spiro atoms. The van der Waals surface area contributed by atoms with Gasteiger partial charge in [0, 0.05) is 0 Å². The molecule has 0 aliphatic carbocycles. The van der Waals surface area contributed by atoms with Crippen LogP contribution in [0, 0.1) is 0 Å². The third-order valence-corrected chi connectivity index (χ3v) is 2.71. The van der Waals surface area contributed by atoms with Crippen LogP contribution in [0.25, 0.3) is 0 Å². The molecule has 0 aliphatic heterocycles. The van der Waals surface area contributed by atoms with Gasteiger partial charge in [-0.15, -0.1) is 0 Å². The van der Waals surface area contributed by atoms with Crippen molar-refractivity contribution in [2.24, 2.45) is 0 Å². The van der Waals surface area contributed by atoms with Gasteiger partial charge in [-0.05, 0) is 36.4 Å². The summed E-state index contributed by atoms with van der Waals surface area (Å²) in [6, 6.07) is 11.7. The Hall–Kier alpha value is -2.33. The molecule has 5 heteroatoms. The molecule has 0 unspecified atom stereocenters. The minimum Gasteiger partial charge on any atom is -0.508 e. The summed E-state index contributed by atoms with van der Waals surface area (Å²) < 4.78 is 4.70. The lowest BCUT2D eigenvalue weighted by Crippen LogP contribution is -2.13. The van der Waals surface area contributed by atoms with E-state index in [-0.39, 0.29) is 21.9 Å². The molecule has 1 N–H and O–H groups in total. The lowest BCUT2D eigenvalue weighted by atomic mass is 10.2. The third kappa shape index (κ3) is 3.11. The van der Waals surface area contributed by atoms with E-state index in [0.29, 0.717) is 0 Å². The fourth-order valence-electron chi connectivity index (χ4n) is 1.42. The maximum Gasteiger partial charge on any atom is 0.347 e. The number of carbonyl (C=O) groups is 2. The van der Waals surface area contributed by atoms with Crippen LogP contribution in [0.3, 0.4) is 0 Å². The molecule has 0 saturated carbocycles. The Kier molecular flexibility index (Phi) is 3.82. The Morgan fingerprint density at radius 2 is 1.58 bits per heavy atom. The molecular weight excluding hydrogens is 268 g/mol. The number of benzene rings is 2. The first kappa shape index (κ1) is 13.1. The monoisotopic (exact) mass is 276 g/mol. The minimum absolute atomic E-state index is 0.0222. The summed E-state index contributed by atoms with van der Waals surface area (Å²) >= 11 is 5.82. The van der Waals surface area contributed by atoms with Crippen molar-refractivity contribution >= 4 is 23.5 Å². The normalized spacial score (nSPS) is 9.95. The van der Waals surface area contributed by atoms with Crippen molar-refractivity contribution in [3.05, 3.63) is 64.7 Å². The Morgan fingerprint density at radius 3 is 2.21 bits per heavy atom. The van der Waals surface area contributed by atoms with E-state index in [1.807, 2.05) is 0 Å². The second kappa shape index (κ2) is 5.54. The SMILES string of the molecule is O=C(OC(=O)c1ccccc1Cl)c1ccc(O)cc1. The lowest BCUT2D eigenvalue weighted by molar-refractivity contribution is 0.0398. The minimum atomic E-state index is -0.816. The lowest BCUT2D eigenvalue weighted by Gasteiger charge is -2.04. The summed E-state index contributed by atoms with van der Waals surface area (Å²) in [6.07, 6.45) is 0. The van der Waals surface area contributed by atoms with Gasteiger partial charge in [0.1, 0.15) is 5.75 Å². The van der Waals surface area contributed by atoms with Gasteiger partial charge in [0.25, 0.3) is 0 Å². The molecule has 0 aromatic heterocycles. The fraction of sp³-hybridized carbons (Fsp3) is 0. The van der Waals surface area contributed by atoms with Gasteiger partial charge in [0.05, 0.1) is 16.1 Å². The van der Waals surface area contributed by atoms with Crippen LogP contribution in [0.1, 0.15) is 20.7 Å². The summed E-state index contributed by atoms with van der Waals surface area (Å²) in [6.45, 7) is 0. The zero-order valence-electron chi connectivity index (χ0n) is 9.67. The first-order chi connectivity index (χ1) is 9.08. The first-order valence-corrected chi connectivity index (χ1v) is 5.76. The van der Waals surface area contributed by atoms with Crippen LogP contribution >= 0.6 is 11.6 Å². The van der Waals surface area contributed by atoms with Gasteiger partial charge in [0.15, 0.2) is 0 Å². The van der Waals surface area contributed by atoms with Crippen molar-refractivity contribution in [2.75, 3.05) is 0 Å². The van der Waals surface area contributed by atoms with E-state index in [9.17, 15) is 9.59 Å². The maximum atomic E-state index is 11.7. The van der Waals surface area contributed by atoms with Gasteiger partial charge in [-0.2, -0.15) is 0 Å². The molecule has 2 aromatic rings. The van der Waals surface area contributed by atoms with E-state index < -0.39 is 11.9 Å². The van der Waals surface area contributed by atoms with Gasteiger partial charge in [-0.25, -0.2) is 9.59 Å². The molecule has 0 saturated heterocycles. The Balaban J connectivity index is 2.13. The number of esters is 2. The van der Waals surface area contributed by atoms with Crippen LogP contribution in [-0.4, -0.2) is 17.0 Å². The van der Waals surface area contributed by atoms with E-state index in [1.54, 1.807) is 12.1 Å². The number of ether oxygens (including phenoxy) is 1. The molecule has 4 nitrogen and oxygen atoms in total. The highest BCUT2D eigenvalue weighted by Gasteiger charge is 2.16. The first-order valence-electron chi connectivity index (χ1n) is 5.38. The predicted octanol–water partition coefficient (Wildman–Crippen LogP) is 3.04. The summed E-state index contributed by atoms with van der Waals surface area (Å²) in [7, 11) is 0. The van der Waals surface area contributed by atoms with Crippen LogP contribution in [0.4, 0.5) is 0 Å². The topological polar surface area (TPSA) is 63.6 Å². The van der Waals surface area contributed by atoms with E-state index in [4.69, 9.17) is 21.4 Å². The summed E-state index contributed by atoms with van der Waals surface area (Å²) in [4.78, 5) is 23.4. The largest absolute Gasteiger partial charge is 0.508 e. The number of aromatic hydroxyl groups is 1. The predicted molar refractivity (Wildman–Crippen MR) is 69.3 cm³/mol. The number of rotatable bonds is 2. The van der Waals surface area contributed by atoms with Gasteiger partial charge in [-0.3, -0.25) is 0 Å². The van der Waals surface area contributed by atoms with E-state index in [0.717, 1.165) is 0 Å². The second-order valence-electron chi connectivity index (χ2n) is 3.70. The zero-order valence-corrected chi connectivity index (χ0v) is 10.4. The van der Waals surface area contributed by atoms with Crippen LogP contribution in [0.2, 0.25) is 5.02 Å². The number of phenols is 1. The van der Waals surface area contributed by atoms with Gasteiger partial charge >= 0.3 is 11.9 Å². The molecule has 96 valence electrons. The number of hydrogen-bond acceptors (Lipinski definition) is 4. The van der Waals surface area contributed by atoms with Crippen LogP contribution in [-0.2, 0) is 4.74 Å². The maximum absolute atomic E-state index is 11.7. The fourth-order valence-corrected chi connectivity index (χ4v) is 1.64. The quantitative estimate of drug-likeness (QED) is 0.676. The summed E-state index contributed by atoms with van der Waals surface area (Å²) in [5, 5.41) is 9.31. The van der Waals surface area contributed by atoms with Crippen LogP contribution < -0.4 is 0 Å². The Labute approximate surface area is 114 Å². The van der Waals surface area contributed by atoms with Crippen molar-refractivity contribution in [2.45, 2.75) is 0 Å². The Bertz CT molecular complexity index is 620. The van der Waals surface area contributed by atoms with Crippen molar-refractivity contribution < 1.29 is 19.4 Å². The standard InChI is InChI=1S/C14H9ClO4/c15-12-4-2-1-3-11(12)14(18)19-13(17)9-5-7-10(16)8-6-9/h1-8,16H. The van der Waals surface area contributed by atoms with Crippen molar-refractivity contribution in [3.8, 4) is 5.75 Å². The molecule has 0 amide bonds. The molecule has 0 heterocycles. The molecule has 2 aromatic carbocycles. The molecule has 0 bridgehead atoms. The number of phenolic OH excluding ortho intramolecular Hbond substituents is 1. The Morgan fingerprint density at radius 1 is 0.947 bits per heavy atom. The number of carbonyl (C=O) groups excluding carboxylic acids is 2. The molecule has 0 fully saturated rings. The van der Waals surface area contributed by atoms with Crippen LogP contribution in [0.15, 0.2) is 48.5 Å².